The number of ether oxygens (including phenoxy) is 7. The van der Waals surface area contributed by atoms with E-state index in [9.17, 15) is 24.0 Å². The Hall–Kier alpha value is -2.71. The van der Waals surface area contributed by atoms with Crippen molar-refractivity contribution < 1.29 is 57.1 Å². The van der Waals surface area contributed by atoms with E-state index in [2.05, 4.69) is 0 Å². The van der Waals surface area contributed by atoms with Crippen LogP contribution in [0.2, 0.25) is 0 Å². The first-order chi connectivity index (χ1) is 16.8. The van der Waals surface area contributed by atoms with Crippen LogP contribution < -0.4 is 0 Å². The van der Waals surface area contributed by atoms with Crippen LogP contribution >= 0.6 is 24.0 Å². The Labute approximate surface area is 218 Å². The Balaban J connectivity index is 3.35. The summed E-state index contributed by atoms with van der Waals surface area (Å²) < 4.78 is 37.8. The molecule has 0 aromatic rings. The van der Waals surface area contributed by atoms with Crippen molar-refractivity contribution in [2.45, 2.75) is 72.2 Å². The van der Waals surface area contributed by atoms with Crippen molar-refractivity contribution in [3.05, 3.63) is 11.8 Å². The van der Waals surface area contributed by atoms with Gasteiger partial charge in [0.05, 0.1) is 12.9 Å². The highest BCUT2D eigenvalue weighted by atomic mass is 32.2. The summed E-state index contributed by atoms with van der Waals surface area (Å²) >= 11 is 6.14. The van der Waals surface area contributed by atoms with Crippen LogP contribution in [0.1, 0.15) is 41.5 Å². The van der Waals surface area contributed by atoms with Crippen LogP contribution in [-0.4, -0.2) is 83.7 Å². The Morgan fingerprint density at radius 2 is 1.39 bits per heavy atom. The van der Waals surface area contributed by atoms with Crippen LogP contribution in [-0.2, 0) is 57.1 Å². The van der Waals surface area contributed by atoms with Gasteiger partial charge < -0.3 is 33.2 Å². The smallest absolute Gasteiger partial charge is 0.303 e. The lowest BCUT2D eigenvalue weighted by Gasteiger charge is -2.43. The number of hydrogen-bond donors (Lipinski definition) is 0. The second-order valence-electron chi connectivity index (χ2n) is 7.37. The van der Waals surface area contributed by atoms with Gasteiger partial charge in [-0.05, 0) is 26.1 Å². The molecule has 0 spiro atoms. The number of thioether (sulfide) groups is 1. The van der Waals surface area contributed by atoms with Gasteiger partial charge in [0, 0.05) is 39.0 Å². The zero-order valence-electron chi connectivity index (χ0n) is 20.8. The Kier molecular flexibility index (Phi) is 13.4. The molecular formula is C22H30O12S2. The normalized spacial score (nSPS) is 23.6. The number of carbonyl (C=O) groups excluding carboxylic acids is 5. The van der Waals surface area contributed by atoms with Crippen LogP contribution in [0.5, 0.6) is 0 Å². The number of thiocarbonyl (C=S) groups is 1. The Bertz CT molecular complexity index is 871. The van der Waals surface area contributed by atoms with Crippen LogP contribution in [0.25, 0.3) is 0 Å². The van der Waals surface area contributed by atoms with Crippen LogP contribution in [0.15, 0.2) is 11.8 Å². The van der Waals surface area contributed by atoms with Crippen LogP contribution in [0.3, 0.4) is 0 Å². The van der Waals surface area contributed by atoms with E-state index < -0.39 is 61.2 Å². The molecule has 12 nitrogen and oxygen atoms in total. The molecule has 1 rings (SSSR count). The van der Waals surface area contributed by atoms with Crippen molar-refractivity contribution >= 4 is 58.0 Å². The quantitative estimate of drug-likeness (QED) is 0.120. The largest absolute Gasteiger partial charge is 0.479 e. The summed E-state index contributed by atoms with van der Waals surface area (Å²) in [5.41, 5.74) is 0.190. The lowest BCUT2D eigenvalue weighted by Crippen LogP contribution is -2.62. The van der Waals surface area contributed by atoms with E-state index in [-0.39, 0.29) is 21.5 Å². The molecule has 1 heterocycles. The van der Waals surface area contributed by atoms with Gasteiger partial charge in [0.25, 0.3) is 0 Å². The summed E-state index contributed by atoms with van der Waals surface area (Å²) in [6.07, 6.45) is -5.62. The molecule has 1 aliphatic heterocycles. The van der Waals surface area contributed by atoms with Gasteiger partial charge in [-0.25, -0.2) is 0 Å². The van der Waals surface area contributed by atoms with E-state index in [1.165, 1.54) is 6.92 Å². The third kappa shape index (κ3) is 10.9. The average molecular weight is 551 g/mol. The van der Waals surface area contributed by atoms with E-state index in [4.69, 9.17) is 45.4 Å². The standard InChI is InChI=1S/C22H30O12S2/c1-7-28-22(35)36-10-16(11(2)23)8-30-21-20(33-15(6)27)19(32-14(5)26)18(31-13(4)25)17(34-21)9-29-12(3)24/h8,17-21H,7,9-10H2,1-6H3/b16-8-/t17-,18-,19+,20-,21-/m1/s1. The van der Waals surface area contributed by atoms with Crippen LogP contribution in [0, 0.1) is 0 Å². The summed E-state index contributed by atoms with van der Waals surface area (Å²) in [6.45, 7) is 7.53. The molecule has 0 aliphatic carbocycles. The predicted octanol–water partition coefficient (Wildman–Crippen LogP) is 1.61. The van der Waals surface area contributed by atoms with Gasteiger partial charge >= 0.3 is 23.9 Å². The SMILES string of the molecule is CCOC(=S)SC/C(=C/O[C@@H]1O[C@H](COC(C)=O)[C@@H](OC(C)=O)[C@H](OC(C)=O)[C@H]1OC(C)=O)C(C)=O. The van der Waals surface area contributed by atoms with Crippen molar-refractivity contribution in [2.24, 2.45) is 0 Å². The highest BCUT2D eigenvalue weighted by molar-refractivity contribution is 8.22. The number of rotatable bonds is 11. The van der Waals surface area contributed by atoms with Gasteiger partial charge in [-0.15, -0.1) is 0 Å². The molecule has 1 aliphatic rings. The molecule has 202 valence electrons. The first-order valence-electron chi connectivity index (χ1n) is 10.8. The first-order valence-corrected chi connectivity index (χ1v) is 12.2. The fourth-order valence-corrected chi connectivity index (χ4v) is 4.00. The molecule has 0 aromatic carbocycles. The van der Waals surface area contributed by atoms with Gasteiger partial charge in [-0.1, -0.05) is 11.8 Å². The third-order valence-corrected chi connectivity index (χ3v) is 5.63. The van der Waals surface area contributed by atoms with Crippen molar-refractivity contribution in [1.29, 1.82) is 0 Å². The second kappa shape index (κ2) is 15.4. The maximum absolute atomic E-state index is 12.1. The number of carbonyl (C=O) groups is 5. The molecule has 1 fully saturated rings. The summed E-state index contributed by atoms with van der Waals surface area (Å²) in [4.78, 5) is 59.0. The van der Waals surface area contributed by atoms with E-state index in [1.54, 1.807) is 6.92 Å². The van der Waals surface area contributed by atoms with Gasteiger partial charge in [0.2, 0.25) is 16.8 Å². The highest BCUT2D eigenvalue weighted by Crippen LogP contribution is 2.30. The predicted molar refractivity (Wildman–Crippen MR) is 128 cm³/mol. The molecule has 0 saturated carbocycles. The first kappa shape index (κ1) is 31.3. The number of hydrogen-bond acceptors (Lipinski definition) is 14. The van der Waals surface area contributed by atoms with Gasteiger partial charge in [-0.3, -0.25) is 24.0 Å². The maximum atomic E-state index is 12.1. The monoisotopic (exact) mass is 550 g/mol. The highest BCUT2D eigenvalue weighted by Gasteiger charge is 2.53. The van der Waals surface area contributed by atoms with Crippen molar-refractivity contribution in [3.8, 4) is 0 Å². The fraction of sp³-hybridized carbons (Fsp3) is 0.636. The number of Topliss-reactive ketones (excluding diaryl/α,β-unsaturated/α-hetero) is 1. The van der Waals surface area contributed by atoms with E-state index in [0.29, 0.717) is 6.61 Å². The minimum atomic E-state index is -1.44. The zero-order chi connectivity index (χ0) is 27.4. The minimum Gasteiger partial charge on any atom is -0.479 e. The Morgan fingerprint density at radius 3 is 1.89 bits per heavy atom. The lowest BCUT2D eigenvalue weighted by molar-refractivity contribution is -0.297. The molecule has 14 heteroatoms. The molecule has 0 amide bonds. The van der Waals surface area contributed by atoms with E-state index in [0.717, 1.165) is 45.7 Å². The topological polar surface area (TPSA) is 150 Å². The van der Waals surface area contributed by atoms with Crippen LogP contribution in [0.4, 0.5) is 0 Å². The number of esters is 4. The summed E-state index contributed by atoms with van der Waals surface area (Å²) in [5.74, 6) is -3.18. The van der Waals surface area contributed by atoms with Gasteiger partial charge in [0.1, 0.15) is 12.7 Å². The maximum Gasteiger partial charge on any atom is 0.303 e. The molecule has 36 heavy (non-hydrogen) atoms. The van der Waals surface area contributed by atoms with Gasteiger partial charge in [0.15, 0.2) is 18.0 Å². The minimum absolute atomic E-state index is 0.111. The number of ketones is 1. The van der Waals surface area contributed by atoms with Crippen molar-refractivity contribution in [1.82, 2.24) is 0 Å². The summed E-state index contributed by atoms with van der Waals surface area (Å²) in [6, 6.07) is 0. The third-order valence-electron chi connectivity index (χ3n) is 4.35. The lowest BCUT2D eigenvalue weighted by atomic mass is 9.98. The van der Waals surface area contributed by atoms with E-state index in [1.807, 2.05) is 0 Å². The van der Waals surface area contributed by atoms with Crippen molar-refractivity contribution in [3.63, 3.8) is 0 Å². The molecule has 0 unspecified atom stereocenters. The molecular weight excluding hydrogens is 520 g/mol. The fourth-order valence-electron chi connectivity index (χ4n) is 2.96. The molecule has 0 bridgehead atoms. The summed E-state index contributed by atoms with van der Waals surface area (Å²) in [7, 11) is 0. The molecule has 1 saturated heterocycles. The van der Waals surface area contributed by atoms with Gasteiger partial charge in [-0.2, -0.15) is 0 Å². The second-order valence-corrected chi connectivity index (χ2v) is 8.95. The Morgan fingerprint density at radius 1 is 0.833 bits per heavy atom. The molecule has 0 aromatic heterocycles. The zero-order valence-corrected chi connectivity index (χ0v) is 22.4. The molecule has 0 N–H and O–H groups in total. The average Bonchev–Trinajstić information content (AvgIpc) is 2.75. The molecule has 0 radical (unpaired) electrons. The van der Waals surface area contributed by atoms with Crippen molar-refractivity contribution in [2.75, 3.05) is 19.0 Å². The molecule has 5 atom stereocenters. The summed E-state index contributed by atoms with van der Waals surface area (Å²) in [5, 5.41) is 0. The van der Waals surface area contributed by atoms with E-state index >= 15 is 0 Å².